The Kier molecular flexibility index (Phi) is 36.4. The topological polar surface area (TPSA) is 605 Å². The fourth-order valence-electron chi connectivity index (χ4n) is 8.01. The van der Waals surface area contributed by atoms with Crippen LogP contribution < -0.4 is 5.32 Å². The first-order valence-electron chi connectivity index (χ1n) is 24.7. The van der Waals surface area contributed by atoms with Gasteiger partial charge in [-0.15, -0.1) is 0 Å². The van der Waals surface area contributed by atoms with Gasteiger partial charge in [0.1, 0.15) is 146 Å². The molecule has 37 heteroatoms. The summed E-state index contributed by atoms with van der Waals surface area (Å²) >= 11 is 0. The van der Waals surface area contributed by atoms with Crippen LogP contribution >= 0.6 is 0 Å². The first-order chi connectivity index (χ1) is 38.1. The zero-order chi connectivity index (χ0) is 62.3. The summed E-state index contributed by atoms with van der Waals surface area (Å²) in [6.07, 6.45) is -33.6. The van der Waals surface area contributed by atoms with Crippen LogP contribution in [-0.4, -0.2) is 390 Å². The Morgan fingerprint density at radius 3 is 0.778 bits per heavy atom. The van der Waals surface area contributed by atoms with Crippen molar-refractivity contribution in [2.24, 2.45) is 0 Å². The Morgan fingerprint density at radius 1 is 0.346 bits per heavy atom. The molecule has 37 nitrogen and oxygen atoms in total. The standard InChI is InChI=1S/C9H17NO6.5C7H14O6/c1-4(12)10-6-8(14)7(13)5(3-11)16-9(6)15-2;1-12-7-5(11)4(10)6(13-7)3(9)2-8;4*1-12-7-6(11)5(10)4(9)3(2-8)13-7/h5-9,11,13-14H,3H2,1-2H3,(H,10,12);5*3-11H,2H2,1H3. The van der Waals surface area contributed by atoms with Crippen molar-refractivity contribution in [1.82, 2.24) is 5.32 Å². The molecule has 6 heterocycles. The minimum atomic E-state index is -1.36. The number of methoxy groups -OCH3 is 6. The second-order valence-electron chi connectivity index (χ2n) is 18.3. The highest BCUT2D eigenvalue weighted by atomic mass is 16.7. The molecular formula is C44H87NO36. The van der Waals surface area contributed by atoms with Crippen LogP contribution in [0.2, 0.25) is 0 Å². The molecule has 0 saturated carbocycles. The van der Waals surface area contributed by atoms with Crippen LogP contribution in [0.4, 0.5) is 0 Å². The predicted molar refractivity (Wildman–Crippen MR) is 256 cm³/mol. The fourth-order valence-corrected chi connectivity index (χ4v) is 8.01. The van der Waals surface area contributed by atoms with Gasteiger partial charge in [-0.2, -0.15) is 0 Å². The van der Waals surface area contributed by atoms with E-state index in [-0.39, 0.29) is 5.91 Å². The van der Waals surface area contributed by atoms with Gasteiger partial charge in [0.2, 0.25) is 5.91 Å². The molecule has 30 atom stereocenters. The number of rotatable bonds is 14. The van der Waals surface area contributed by atoms with Crippen molar-refractivity contribution in [1.29, 1.82) is 0 Å². The molecule has 6 rings (SSSR count). The van der Waals surface area contributed by atoms with E-state index in [1.165, 1.54) is 49.6 Å². The number of carbonyl (C=O) groups excluding carboxylic acids is 1. The van der Waals surface area contributed by atoms with Crippen molar-refractivity contribution in [2.45, 2.75) is 191 Å². The Bertz CT molecular complexity index is 1430. The van der Waals surface area contributed by atoms with Gasteiger partial charge < -0.3 is 180 Å². The highest BCUT2D eigenvalue weighted by Gasteiger charge is 2.49. The van der Waals surface area contributed by atoms with Gasteiger partial charge in [0.15, 0.2) is 37.7 Å². The van der Waals surface area contributed by atoms with Crippen molar-refractivity contribution in [3.05, 3.63) is 0 Å². The van der Waals surface area contributed by atoms with Gasteiger partial charge >= 0.3 is 0 Å². The predicted octanol–water partition coefficient (Wildman–Crippen LogP) is -15.3. The number of nitrogens with one attached hydrogen (secondary N) is 1. The van der Waals surface area contributed by atoms with Crippen LogP contribution in [0.3, 0.4) is 0 Å². The molecule has 1 amide bonds. The van der Waals surface area contributed by atoms with E-state index in [9.17, 15) is 86.5 Å². The van der Waals surface area contributed by atoms with Crippen LogP contribution in [0.1, 0.15) is 6.92 Å². The summed E-state index contributed by atoms with van der Waals surface area (Å²) in [6.45, 7) is -1.45. The summed E-state index contributed by atoms with van der Waals surface area (Å²) in [6, 6.07) is -0.861. The van der Waals surface area contributed by atoms with Gasteiger partial charge in [0.25, 0.3) is 0 Å². The molecule has 6 aliphatic heterocycles. The summed E-state index contributed by atoms with van der Waals surface area (Å²) in [5.74, 6) is -0.371. The summed E-state index contributed by atoms with van der Waals surface area (Å²) < 4.78 is 58.4. The number of amides is 1. The molecule has 6 aliphatic rings. The third-order valence-electron chi connectivity index (χ3n) is 12.9. The van der Waals surface area contributed by atoms with E-state index >= 15 is 0 Å². The van der Waals surface area contributed by atoms with Crippen LogP contribution in [0.25, 0.3) is 0 Å². The molecule has 0 spiro atoms. The number of aliphatic hydroxyl groups excluding tert-OH is 23. The summed E-state index contributed by atoms with van der Waals surface area (Å²) in [4.78, 5) is 10.9. The molecule has 24 N–H and O–H groups in total. The zero-order valence-corrected chi connectivity index (χ0v) is 45.2. The SMILES string of the molecule is COC1OC(C(O)CO)C(O)C1O.COC1OC(CO)C(O)C(O)C1NC(C)=O.COC1OC(CO)C(O)C(O)C1O.COC1OC(CO)C(O)C(O)C1O.COC1OC(CO)C(O)C(O)C1O.COC1OC(CO)C(O)C(O)C1O. The molecule has 30 unspecified atom stereocenters. The molecular weight excluding hydrogens is 1120 g/mol. The highest BCUT2D eigenvalue weighted by molar-refractivity contribution is 5.73. The van der Waals surface area contributed by atoms with Crippen molar-refractivity contribution >= 4 is 5.91 Å². The Hall–Kier alpha value is -1.93. The molecule has 6 saturated heterocycles. The van der Waals surface area contributed by atoms with E-state index < -0.39 is 224 Å². The van der Waals surface area contributed by atoms with E-state index in [0.717, 1.165) is 0 Å². The van der Waals surface area contributed by atoms with Crippen molar-refractivity contribution in [3.63, 3.8) is 0 Å². The number of hydrogen-bond donors (Lipinski definition) is 24. The Labute approximate surface area is 463 Å². The maximum Gasteiger partial charge on any atom is 0.217 e. The maximum absolute atomic E-state index is 10.9. The van der Waals surface area contributed by atoms with E-state index in [1.54, 1.807) is 0 Å². The van der Waals surface area contributed by atoms with E-state index in [4.69, 9.17) is 92.6 Å². The maximum atomic E-state index is 10.9. The van der Waals surface area contributed by atoms with Crippen LogP contribution in [0, 0.1) is 0 Å². The number of carbonyl (C=O) groups is 1. The lowest BCUT2D eigenvalue weighted by Crippen LogP contribution is -2.64. The van der Waals surface area contributed by atoms with Crippen molar-refractivity contribution in [3.8, 4) is 0 Å². The second kappa shape index (κ2) is 38.3. The summed E-state index contributed by atoms with van der Waals surface area (Å²) in [5.41, 5.74) is 0. The molecule has 0 aromatic rings. The fraction of sp³-hybridized carbons (Fsp3) is 0.977. The smallest absolute Gasteiger partial charge is 0.217 e. The van der Waals surface area contributed by atoms with E-state index in [0.29, 0.717) is 0 Å². The van der Waals surface area contributed by atoms with Gasteiger partial charge in [0.05, 0.1) is 39.6 Å². The molecule has 6 fully saturated rings. The third kappa shape index (κ3) is 21.2. The van der Waals surface area contributed by atoms with Crippen molar-refractivity contribution in [2.75, 3.05) is 82.3 Å². The molecule has 0 aromatic heterocycles. The minimum absolute atomic E-state index is 0.371. The molecule has 0 radical (unpaired) electrons. The monoisotopic (exact) mass is 1210 g/mol. The molecule has 0 aromatic carbocycles. The Balaban J connectivity index is 0.000000487. The number of aliphatic hydroxyl groups is 23. The lowest BCUT2D eigenvalue weighted by atomic mass is 9.97. The second-order valence-corrected chi connectivity index (χ2v) is 18.3. The molecule has 0 bridgehead atoms. The Morgan fingerprint density at radius 2 is 0.568 bits per heavy atom. The number of ether oxygens (including phenoxy) is 12. The van der Waals surface area contributed by atoms with Gasteiger partial charge in [-0.3, -0.25) is 4.79 Å². The summed E-state index contributed by atoms with van der Waals surface area (Å²) in [5, 5.41) is 213. The van der Waals surface area contributed by atoms with Crippen molar-refractivity contribution < 1.29 is 179 Å². The normalized spacial score (nSPS) is 44.3. The zero-order valence-electron chi connectivity index (χ0n) is 45.2. The first kappa shape index (κ1) is 77.1. The molecule has 81 heavy (non-hydrogen) atoms. The van der Waals surface area contributed by atoms with E-state index in [1.807, 2.05) is 0 Å². The molecule has 484 valence electrons. The average Bonchev–Trinajstić information content (AvgIpc) is 3.82. The van der Waals surface area contributed by atoms with Gasteiger partial charge in [-0.05, 0) is 0 Å². The van der Waals surface area contributed by atoms with Crippen LogP contribution in [-0.2, 0) is 61.6 Å². The van der Waals surface area contributed by atoms with Gasteiger partial charge in [0, 0.05) is 49.6 Å². The number of hydrogen-bond acceptors (Lipinski definition) is 36. The molecule has 0 aliphatic carbocycles. The van der Waals surface area contributed by atoms with Gasteiger partial charge in [-0.1, -0.05) is 0 Å². The largest absolute Gasteiger partial charge is 0.394 e. The average molecular weight is 1210 g/mol. The van der Waals surface area contributed by atoms with E-state index in [2.05, 4.69) is 5.32 Å². The van der Waals surface area contributed by atoms with Gasteiger partial charge in [-0.25, -0.2) is 0 Å². The third-order valence-corrected chi connectivity index (χ3v) is 12.9. The highest BCUT2D eigenvalue weighted by Crippen LogP contribution is 2.27. The quantitative estimate of drug-likeness (QED) is 0.0768. The lowest BCUT2D eigenvalue weighted by molar-refractivity contribution is -0.294. The minimum Gasteiger partial charge on any atom is -0.394 e. The van der Waals surface area contributed by atoms with Crippen LogP contribution in [0.5, 0.6) is 0 Å². The first-order valence-corrected chi connectivity index (χ1v) is 24.7. The lowest BCUT2D eigenvalue weighted by Gasteiger charge is -2.41. The van der Waals surface area contributed by atoms with Crippen LogP contribution in [0.15, 0.2) is 0 Å². The summed E-state index contributed by atoms with van der Waals surface area (Å²) in [7, 11) is 7.85.